The zero-order chi connectivity index (χ0) is 19.9. The molecular formula is C22H28N2O4. The van der Waals surface area contributed by atoms with E-state index in [1.54, 1.807) is 7.11 Å². The van der Waals surface area contributed by atoms with Crippen LogP contribution >= 0.6 is 0 Å². The maximum Gasteiger partial charge on any atom is 0.240 e. The predicted molar refractivity (Wildman–Crippen MR) is 108 cm³/mol. The summed E-state index contributed by atoms with van der Waals surface area (Å²) >= 11 is 0. The minimum Gasteiger partial charge on any atom is -0.493 e. The Morgan fingerprint density at radius 3 is 2.75 bits per heavy atom. The molecule has 2 aromatic rings. The van der Waals surface area contributed by atoms with Crippen LogP contribution in [0.4, 0.5) is 0 Å². The molecule has 2 N–H and O–H groups in total. The summed E-state index contributed by atoms with van der Waals surface area (Å²) in [6.45, 7) is 5.63. The summed E-state index contributed by atoms with van der Waals surface area (Å²) in [6.07, 6.45) is -0.149. The van der Waals surface area contributed by atoms with E-state index in [1.165, 1.54) is 0 Å². The van der Waals surface area contributed by atoms with Crippen molar-refractivity contribution in [3.63, 3.8) is 0 Å². The zero-order valence-electron chi connectivity index (χ0n) is 16.6. The van der Waals surface area contributed by atoms with Crippen molar-refractivity contribution >= 4 is 5.91 Å². The van der Waals surface area contributed by atoms with Gasteiger partial charge in [-0.3, -0.25) is 4.79 Å². The number of carbonyl (C=O) groups is 1. The van der Waals surface area contributed by atoms with Gasteiger partial charge in [0.25, 0.3) is 0 Å². The van der Waals surface area contributed by atoms with E-state index in [0.29, 0.717) is 31.3 Å². The maximum atomic E-state index is 12.6. The number of methoxy groups -OCH3 is 1. The number of amides is 1. The molecule has 1 heterocycles. The fraction of sp³-hybridized carbons (Fsp3) is 0.409. The van der Waals surface area contributed by atoms with Crippen LogP contribution in [0.2, 0.25) is 0 Å². The highest BCUT2D eigenvalue weighted by Crippen LogP contribution is 2.31. The van der Waals surface area contributed by atoms with Crippen LogP contribution in [0.1, 0.15) is 31.0 Å². The van der Waals surface area contributed by atoms with Crippen molar-refractivity contribution in [1.82, 2.24) is 10.6 Å². The Labute approximate surface area is 166 Å². The van der Waals surface area contributed by atoms with Gasteiger partial charge in [0.2, 0.25) is 5.91 Å². The number of benzene rings is 2. The smallest absolute Gasteiger partial charge is 0.240 e. The molecule has 0 aromatic heterocycles. The Balaban J connectivity index is 1.64. The fourth-order valence-corrected chi connectivity index (χ4v) is 3.22. The van der Waals surface area contributed by atoms with Gasteiger partial charge in [0.05, 0.1) is 25.9 Å². The molecule has 1 amide bonds. The standard InChI is InChI=1S/C22H28N2O4/c1-15(24-22(25)21-16(2)27-12-11-23-21)18-9-10-19(20(13-18)26-3)28-14-17-7-5-4-6-8-17/h4-10,13,15-16,21,23H,11-12,14H2,1-3H3,(H,24,25)/t15?,16-,21+/m1/s1. The zero-order valence-corrected chi connectivity index (χ0v) is 16.6. The molecule has 6 heteroatoms. The third-order valence-electron chi connectivity index (χ3n) is 4.88. The van der Waals surface area contributed by atoms with Crippen LogP contribution in [0, 0.1) is 0 Å². The highest BCUT2D eigenvalue weighted by Gasteiger charge is 2.29. The van der Waals surface area contributed by atoms with Gasteiger partial charge in [-0.15, -0.1) is 0 Å². The number of morpholine rings is 1. The van der Waals surface area contributed by atoms with Crippen LogP contribution in [0.3, 0.4) is 0 Å². The van der Waals surface area contributed by atoms with E-state index in [4.69, 9.17) is 14.2 Å². The number of hydrogen-bond donors (Lipinski definition) is 2. The lowest BCUT2D eigenvalue weighted by Crippen LogP contribution is -2.55. The molecule has 3 atom stereocenters. The highest BCUT2D eigenvalue weighted by atomic mass is 16.5. The van der Waals surface area contributed by atoms with Crippen LogP contribution in [-0.4, -0.2) is 38.3 Å². The van der Waals surface area contributed by atoms with Gasteiger partial charge in [-0.05, 0) is 37.1 Å². The second-order valence-electron chi connectivity index (χ2n) is 6.92. The minimum atomic E-state index is -0.341. The molecule has 0 radical (unpaired) electrons. The normalized spacial score (nSPS) is 20.2. The summed E-state index contributed by atoms with van der Waals surface area (Å²) in [5, 5.41) is 6.25. The molecule has 0 saturated carbocycles. The van der Waals surface area contributed by atoms with Crippen molar-refractivity contribution < 1.29 is 19.0 Å². The molecule has 2 aromatic carbocycles. The van der Waals surface area contributed by atoms with Crippen molar-refractivity contribution in [3.05, 3.63) is 59.7 Å². The SMILES string of the molecule is COc1cc(C(C)NC(=O)[C@H]2NCCO[C@@H]2C)ccc1OCc1ccccc1. The van der Waals surface area contributed by atoms with Gasteiger partial charge in [-0.1, -0.05) is 36.4 Å². The molecule has 3 rings (SSSR count). The van der Waals surface area contributed by atoms with Crippen LogP contribution in [0.15, 0.2) is 48.5 Å². The Morgan fingerprint density at radius 2 is 2.04 bits per heavy atom. The van der Waals surface area contributed by atoms with Crippen LogP contribution in [-0.2, 0) is 16.1 Å². The van der Waals surface area contributed by atoms with E-state index in [9.17, 15) is 4.79 Å². The summed E-state index contributed by atoms with van der Waals surface area (Å²) in [5.41, 5.74) is 2.03. The van der Waals surface area contributed by atoms with E-state index in [-0.39, 0.29) is 24.1 Å². The molecule has 28 heavy (non-hydrogen) atoms. The fourth-order valence-electron chi connectivity index (χ4n) is 3.22. The van der Waals surface area contributed by atoms with Crippen LogP contribution < -0.4 is 20.1 Å². The first-order valence-electron chi connectivity index (χ1n) is 9.58. The van der Waals surface area contributed by atoms with Crippen molar-refractivity contribution in [2.45, 2.75) is 38.6 Å². The third kappa shape index (κ3) is 5.03. The largest absolute Gasteiger partial charge is 0.493 e. The van der Waals surface area contributed by atoms with E-state index >= 15 is 0 Å². The van der Waals surface area contributed by atoms with E-state index in [2.05, 4.69) is 10.6 Å². The lowest BCUT2D eigenvalue weighted by atomic mass is 10.1. The number of hydrogen-bond acceptors (Lipinski definition) is 5. The third-order valence-corrected chi connectivity index (χ3v) is 4.88. The summed E-state index contributed by atoms with van der Waals surface area (Å²) in [5.74, 6) is 1.25. The van der Waals surface area contributed by atoms with E-state index < -0.39 is 0 Å². The predicted octanol–water partition coefficient (Wildman–Crippen LogP) is 2.83. The quantitative estimate of drug-likeness (QED) is 0.768. The number of rotatable bonds is 7. The Kier molecular flexibility index (Phi) is 6.90. The molecule has 0 bridgehead atoms. The average Bonchev–Trinajstić information content (AvgIpc) is 2.73. The molecule has 1 aliphatic rings. The molecular weight excluding hydrogens is 356 g/mol. The molecule has 6 nitrogen and oxygen atoms in total. The van der Waals surface area contributed by atoms with Crippen molar-refractivity contribution in [2.24, 2.45) is 0 Å². The van der Waals surface area contributed by atoms with Gasteiger partial charge < -0.3 is 24.8 Å². The number of carbonyl (C=O) groups excluding carboxylic acids is 1. The second-order valence-corrected chi connectivity index (χ2v) is 6.92. The van der Waals surface area contributed by atoms with Crippen LogP contribution in [0.5, 0.6) is 11.5 Å². The lowest BCUT2D eigenvalue weighted by Gasteiger charge is -2.30. The van der Waals surface area contributed by atoms with Gasteiger partial charge >= 0.3 is 0 Å². The highest BCUT2D eigenvalue weighted by molar-refractivity contribution is 5.83. The Hall–Kier alpha value is -2.57. The molecule has 0 spiro atoms. The van der Waals surface area contributed by atoms with Crippen molar-refractivity contribution in [2.75, 3.05) is 20.3 Å². The Morgan fingerprint density at radius 1 is 1.25 bits per heavy atom. The summed E-state index contributed by atoms with van der Waals surface area (Å²) in [4.78, 5) is 12.6. The minimum absolute atomic E-state index is 0.0666. The van der Waals surface area contributed by atoms with Gasteiger partial charge in [0, 0.05) is 6.54 Å². The second kappa shape index (κ2) is 9.57. The van der Waals surface area contributed by atoms with Crippen LogP contribution in [0.25, 0.3) is 0 Å². The summed E-state index contributed by atoms with van der Waals surface area (Å²) < 4.78 is 16.9. The van der Waals surface area contributed by atoms with Gasteiger partial charge in [-0.25, -0.2) is 0 Å². The summed E-state index contributed by atoms with van der Waals surface area (Å²) in [6, 6.07) is 15.2. The molecule has 0 aliphatic carbocycles. The first kappa shape index (κ1) is 20.2. The van der Waals surface area contributed by atoms with Gasteiger partial charge in [0.1, 0.15) is 12.6 Å². The topological polar surface area (TPSA) is 68.8 Å². The monoisotopic (exact) mass is 384 g/mol. The average molecular weight is 384 g/mol. The number of nitrogens with one attached hydrogen (secondary N) is 2. The lowest BCUT2D eigenvalue weighted by molar-refractivity contribution is -0.129. The number of ether oxygens (including phenoxy) is 3. The molecule has 1 unspecified atom stereocenters. The Bertz CT molecular complexity index is 781. The molecule has 150 valence electrons. The molecule has 1 saturated heterocycles. The first-order valence-corrected chi connectivity index (χ1v) is 9.58. The molecule has 1 aliphatic heterocycles. The first-order chi connectivity index (χ1) is 13.6. The van der Waals surface area contributed by atoms with Crippen molar-refractivity contribution in [1.29, 1.82) is 0 Å². The molecule has 1 fully saturated rings. The van der Waals surface area contributed by atoms with Crippen molar-refractivity contribution in [3.8, 4) is 11.5 Å². The summed E-state index contributed by atoms with van der Waals surface area (Å²) in [7, 11) is 1.61. The van der Waals surface area contributed by atoms with Gasteiger partial charge in [0.15, 0.2) is 11.5 Å². The van der Waals surface area contributed by atoms with E-state index in [1.807, 2.05) is 62.4 Å². The van der Waals surface area contributed by atoms with Gasteiger partial charge in [-0.2, -0.15) is 0 Å². The van der Waals surface area contributed by atoms with E-state index in [0.717, 1.165) is 11.1 Å². The maximum absolute atomic E-state index is 12.6.